The van der Waals surface area contributed by atoms with E-state index in [-0.39, 0.29) is 18.3 Å². The largest absolute Gasteiger partial charge is 0.462 e. The molecule has 0 saturated heterocycles. The molecule has 1 N–H and O–H groups in total. The maximum atomic E-state index is 11.4. The van der Waals surface area contributed by atoms with Crippen LogP contribution in [0.3, 0.4) is 0 Å². The molecule has 94 valence electrons. The van der Waals surface area contributed by atoms with Gasteiger partial charge in [-0.2, -0.15) is 5.26 Å². The molecule has 0 aromatic heterocycles. The first-order valence-corrected chi connectivity index (χ1v) is 5.57. The molecule has 0 bridgehead atoms. The third-order valence-electron chi connectivity index (χ3n) is 2.19. The van der Waals surface area contributed by atoms with Gasteiger partial charge in [-0.1, -0.05) is 12.1 Å². The highest BCUT2D eigenvalue weighted by atomic mass is 16.5. The van der Waals surface area contributed by atoms with Crippen molar-refractivity contribution >= 4 is 11.9 Å². The number of nitriles is 1. The number of hydrogen-bond donors (Lipinski definition) is 1. The first-order valence-electron chi connectivity index (χ1n) is 5.57. The van der Waals surface area contributed by atoms with Crippen LogP contribution in [0, 0.1) is 11.3 Å². The van der Waals surface area contributed by atoms with Crippen LogP contribution in [0.25, 0.3) is 0 Å². The van der Waals surface area contributed by atoms with Crippen LogP contribution >= 0.6 is 0 Å². The molecule has 0 fully saturated rings. The van der Waals surface area contributed by atoms with Gasteiger partial charge in [0.25, 0.3) is 0 Å². The number of amides is 1. The van der Waals surface area contributed by atoms with Gasteiger partial charge in [0, 0.05) is 6.54 Å². The summed E-state index contributed by atoms with van der Waals surface area (Å²) in [6.45, 7) is 2.42. The van der Waals surface area contributed by atoms with E-state index in [0.717, 1.165) is 5.56 Å². The second-order valence-electron chi connectivity index (χ2n) is 3.53. The van der Waals surface area contributed by atoms with Crippen LogP contribution < -0.4 is 5.32 Å². The molecule has 0 spiro atoms. The zero-order chi connectivity index (χ0) is 13.4. The summed E-state index contributed by atoms with van der Waals surface area (Å²) < 4.78 is 4.85. The number of rotatable bonds is 5. The lowest BCUT2D eigenvalue weighted by molar-refractivity contribution is -0.120. The Morgan fingerprint density at radius 3 is 2.56 bits per heavy atom. The second kappa shape index (κ2) is 7.07. The van der Waals surface area contributed by atoms with E-state index >= 15 is 0 Å². The molecule has 0 saturated carbocycles. The zero-order valence-corrected chi connectivity index (χ0v) is 10.1. The zero-order valence-electron chi connectivity index (χ0n) is 10.1. The van der Waals surface area contributed by atoms with E-state index in [1.165, 1.54) is 0 Å². The number of carbonyl (C=O) groups excluding carboxylic acids is 2. The van der Waals surface area contributed by atoms with E-state index in [2.05, 4.69) is 5.32 Å². The van der Waals surface area contributed by atoms with Crippen LogP contribution in [0.1, 0.15) is 29.3 Å². The van der Waals surface area contributed by atoms with Crippen LogP contribution in [0.4, 0.5) is 0 Å². The molecule has 18 heavy (non-hydrogen) atoms. The van der Waals surface area contributed by atoms with Crippen molar-refractivity contribution in [2.75, 3.05) is 6.61 Å². The Morgan fingerprint density at radius 2 is 2.00 bits per heavy atom. The summed E-state index contributed by atoms with van der Waals surface area (Å²) in [5, 5.41) is 10.9. The van der Waals surface area contributed by atoms with Crippen molar-refractivity contribution in [2.24, 2.45) is 0 Å². The Balaban J connectivity index is 2.53. The van der Waals surface area contributed by atoms with Gasteiger partial charge in [0.1, 0.15) is 6.42 Å². The van der Waals surface area contributed by atoms with Crippen molar-refractivity contribution in [3.8, 4) is 6.07 Å². The number of esters is 1. The third-order valence-corrected chi connectivity index (χ3v) is 2.19. The van der Waals surface area contributed by atoms with Gasteiger partial charge in [-0.05, 0) is 24.6 Å². The summed E-state index contributed by atoms with van der Waals surface area (Å²) >= 11 is 0. The first kappa shape index (κ1) is 13.7. The fourth-order valence-electron chi connectivity index (χ4n) is 1.31. The van der Waals surface area contributed by atoms with Crippen molar-refractivity contribution in [3.05, 3.63) is 35.4 Å². The van der Waals surface area contributed by atoms with Gasteiger partial charge < -0.3 is 10.1 Å². The Labute approximate surface area is 105 Å². The first-order chi connectivity index (χ1) is 8.67. The van der Waals surface area contributed by atoms with Gasteiger partial charge in [0.2, 0.25) is 5.91 Å². The number of benzene rings is 1. The lowest BCUT2D eigenvalue weighted by Gasteiger charge is -2.05. The summed E-state index contributed by atoms with van der Waals surface area (Å²) in [5.74, 6) is -0.676. The minimum Gasteiger partial charge on any atom is -0.462 e. The predicted octanol–water partition coefficient (Wildman–Crippen LogP) is 1.39. The highest BCUT2D eigenvalue weighted by Crippen LogP contribution is 2.06. The monoisotopic (exact) mass is 246 g/mol. The van der Waals surface area contributed by atoms with Crippen LogP contribution in [0.5, 0.6) is 0 Å². The average Bonchev–Trinajstić information content (AvgIpc) is 2.37. The highest BCUT2D eigenvalue weighted by Gasteiger charge is 2.06. The smallest absolute Gasteiger partial charge is 0.338 e. The van der Waals surface area contributed by atoms with Gasteiger partial charge in [-0.15, -0.1) is 0 Å². The minimum atomic E-state index is -0.363. The second-order valence-corrected chi connectivity index (χ2v) is 3.53. The van der Waals surface area contributed by atoms with Crippen molar-refractivity contribution in [2.45, 2.75) is 19.9 Å². The molecule has 0 aliphatic rings. The van der Waals surface area contributed by atoms with E-state index < -0.39 is 0 Å². The van der Waals surface area contributed by atoms with Gasteiger partial charge in [0.05, 0.1) is 18.2 Å². The number of nitrogens with one attached hydrogen (secondary N) is 1. The van der Waals surface area contributed by atoms with E-state index in [4.69, 9.17) is 10.00 Å². The maximum Gasteiger partial charge on any atom is 0.338 e. The molecule has 0 unspecified atom stereocenters. The van der Waals surface area contributed by atoms with Gasteiger partial charge in [0.15, 0.2) is 0 Å². The molecular formula is C13H14N2O3. The van der Waals surface area contributed by atoms with Crippen LogP contribution in [-0.2, 0) is 16.1 Å². The lowest BCUT2D eigenvalue weighted by Crippen LogP contribution is -2.21. The predicted molar refractivity (Wildman–Crippen MR) is 64.5 cm³/mol. The molecule has 5 heteroatoms. The normalized spacial score (nSPS) is 9.33. The summed E-state index contributed by atoms with van der Waals surface area (Å²) in [5.41, 5.74) is 1.33. The molecule has 0 aliphatic carbocycles. The van der Waals surface area contributed by atoms with E-state index in [1.807, 2.05) is 0 Å². The summed E-state index contributed by atoms with van der Waals surface area (Å²) in [4.78, 5) is 22.4. The molecule has 1 amide bonds. The van der Waals surface area contributed by atoms with E-state index in [9.17, 15) is 9.59 Å². The molecule has 0 aliphatic heterocycles. The number of ether oxygens (including phenoxy) is 1. The SMILES string of the molecule is CCOC(=O)c1ccc(CNC(=O)CC#N)cc1. The number of hydrogen-bond acceptors (Lipinski definition) is 4. The van der Waals surface area contributed by atoms with Crippen molar-refractivity contribution in [3.63, 3.8) is 0 Å². The van der Waals surface area contributed by atoms with Crippen molar-refractivity contribution in [1.82, 2.24) is 5.32 Å². The molecule has 0 heterocycles. The average molecular weight is 246 g/mol. The third kappa shape index (κ3) is 4.26. The van der Waals surface area contributed by atoms with E-state index in [0.29, 0.717) is 18.7 Å². The summed E-state index contributed by atoms with van der Waals surface area (Å²) in [6, 6.07) is 8.52. The summed E-state index contributed by atoms with van der Waals surface area (Å²) in [7, 11) is 0. The van der Waals surface area contributed by atoms with Crippen molar-refractivity contribution < 1.29 is 14.3 Å². The molecule has 0 radical (unpaired) electrons. The number of nitrogens with zero attached hydrogens (tertiary/aromatic N) is 1. The van der Waals surface area contributed by atoms with Crippen molar-refractivity contribution in [1.29, 1.82) is 5.26 Å². The highest BCUT2D eigenvalue weighted by molar-refractivity contribution is 5.89. The van der Waals surface area contributed by atoms with Crippen LogP contribution in [-0.4, -0.2) is 18.5 Å². The fraction of sp³-hybridized carbons (Fsp3) is 0.308. The van der Waals surface area contributed by atoms with Gasteiger partial charge in [-0.25, -0.2) is 4.79 Å². The molecule has 5 nitrogen and oxygen atoms in total. The van der Waals surface area contributed by atoms with Gasteiger partial charge in [-0.3, -0.25) is 4.79 Å². The maximum absolute atomic E-state index is 11.4. The number of carbonyl (C=O) groups is 2. The Morgan fingerprint density at radius 1 is 1.33 bits per heavy atom. The van der Waals surface area contributed by atoms with Crippen LogP contribution in [0.15, 0.2) is 24.3 Å². The van der Waals surface area contributed by atoms with E-state index in [1.54, 1.807) is 37.3 Å². The summed E-state index contributed by atoms with van der Waals surface area (Å²) in [6.07, 6.45) is -0.152. The quantitative estimate of drug-likeness (QED) is 0.796. The standard InChI is InChI=1S/C13H14N2O3/c1-2-18-13(17)11-5-3-10(4-6-11)9-15-12(16)7-8-14/h3-6H,2,7,9H2,1H3,(H,15,16). The molecular weight excluding hydrogens is 232 g/mol. The fourth-order valence-corrected chi connectivity index (χ4v) is 1.31. The lowest BCUT2D eigenvalue weighted by atomic mass is 10.1. The van der Waals surface area contributed by atoms with Crippen LogP contribution in [0.2, 0.25) is 0 Å². The molecule has 1 aromatic rings. The Bertz CT molecular complexity index is 460. The molecule has 1 rings (SSSR count). The molecule has 1 aromatic carbocycles. The molecule has 0 atom stereocenters. The van der Waals surface area contributed by atoms with Gasteiger partial charge >= 0.3 is 5.97 Å². The Hall–Kier alpha value is -2.35. The topological polar surface area (TPSA) is 79.2 Å². The Kier molecular flexibility index (Phi) is 5.39. The minimum absolute atomic E-state index is 0.152.